The molecule has 0 heterocycles. The molecule has 0 fully saturated rings. The minimum atomic E-state index is -0.754. The number of methoxy groups -OCH3 is 1. The fraction of sp³-hybridized carbons (Fsp3) is 0.462. The van der Waals surface area contributed by atoms with Gasteiger partial charge < -0.3 is 9.84 Å². The largest absolute Gasteiger partial charge is 0.497 e. The van der Waals surface area contributed by atoms with E-state index in [1.165, 1.54) is 0 Å². The van der Waals surface area contributed by atoms with Gasteiger partial charge in [0.2, 0.25) is 0 Å². The molecule has 0 amide bonds. The van der Waals surface area contributed by atoms with Gasteiger partial charge in [0, 0.05) is 19.5 Å². The minimum absolute atomic E-state index is 0. The molecule has 1 aromatic rings. The van der Waals surface area contributed by atoms with Crippen LogP contribution in [0.25, 0.3) is 0 Å². The van der Waals surface area contributed by atoms with Crippen molar-refractivity contribution in [1.82, 2.24) is 0 Å². The zero-order valence-corrected chi connectivity index (χ0v) is 13.7. The maximum atomic E-state index is 10.9. The first-order valence-electron chi connectivity index (χ1n) is 5.32. The summed E-state index contributed by atoms with van der Waals surface area (Å²) in [6.45, 7) is 3.49. The molecule has 0 spiro atoms. The van der Waals surface area contributed by atoms with Crippen LogP contribution < -0.4 is 4.74 Å². The Bertz CT molecular complexity index is 375. The van der Waals surface area contributed by atoms with Crippen molar-refractivity contribution in [3.63, 3.8) is 0 Å². The van der Waals surface area contributed by atoms with Crippen LogP contribution in [0.1, 0.15) is 25.8 Å². The van der Waals surface area contributed by atoms with Gasteiger partial charge in [0.1, 0.15) is 5.75 Å². The van der Waals surface area contributed by atoms with Crippen molar-refractivity contribution in [2.24, 2.45) is 5.41 Å². The molecule has 0 aliphatic heterocycles. The molecule has 0 saturated carbocycles. The number of ether oxygens (including phenoxy) is 1. The summed E-state index contributed by atoms with van der Waals surface area (Å²) in [5.41, 5.74) is 0.428. The molecule has 4 heteroatoms. The summed E-state index contributed by atoms with van der Waals surface area (Å²) in [5, 5.41) is 9.00. The number of hydrogen-bond donors (Lipinski definition) is 1. The standard InChI is InChI=1S/C13H18O3.Zn/c1-13(2,12(14)15)8-7-10-5-4-6-11(9-10)16-3;/h4-6,9H,7-8H2,1-3H3,(H,14,15);. The first kappa shape index (κ1) is 16.1. The van der Waals surface area contributed by atoms with E-state index in [0.717, 1.165) is 17.7 Å². The second-order valence-corrected chi connectivity index (χ2v) is 4.54. The topological polar surface area (TPSA) is 46.5 Å². The predicted octanol–water partition coefficient (Wildman–Crippen LogP) is 2.74. The number of hydrogen-bond acceptors (Lipinski definition) is 2. The number of rotatable bonds is 5. The Labute approximate surface area is 115 Å². The van der Waals surface area contributed by atoms with E-state index >= 15 is 0 Å². The molecule has 0 radical (unpaired) electrons. The third-order valence-corrected chi connectivity index (χ3v) is 2.75. The average molecular weight is 288 g/mol. The Morgan fingerprint density at radius 1 is 1.41 bits per heavy atom. The van der Waals surface area contributed by atoms with Crippen molar-refractivity contribution in [3.05, 3.63) is 29.8 Å². The first-order valence-corrected chi connectivity index (χ1v) is 5.32. The molecule has 0 aromatic heterocycles. The Balaban J connectivity index is 0.00000256. The van der Waals surface area contributed by atoms with Crippen LogP contribution in [0.5, 0.6) is 5.75 Å². The molecular formula is C13H18O3Zn. The van der Waals surface area contributed by atoms with Crippen LogP contribution >= 0.6 is 0 Å². The SMILES string of the molecule is COc1cccc(CCC(C)(C)C(=O)O)c1.[Zn]. The zero-order valence-electron chi connectivity index (χ0n) is 10.7. The number of aliphatic carboxylic acids is 1. The van der Waals surface area contributed by atoms with E-state index in [9.17, 15) is 4.79 Å². The Morgan fingerprint density at radius 2 is 2.06 bits per heavy atom. The molecule has 3 nitrogen and oxygen atoms in total. The fourth-order valence-corrected chi connectivity index (χ4v) is 1.39. The van der Waals surface area contributed by atoms with Gasteiger partial charge in [-0.15, -0.1) is 0 Å². The number of benzene rings is 1. The van der Waals surface area contributed by atoms with Crippen molar-refractivity contribution < 1.29 is 34.1 Å². The molecule has 0 atom stereocenters. The summed E-state index contributed by atoms with van der Waals surface area (Å²) in [6, 6.07) is 7.73. The van der Waals surface area contributed by atoms with Crippen LogP contribution in [0.2, 0.25) is 0 Å². The van der Waals surface area contributed by atoms with Gasteiger partial charge in [-0.25, -0.2) is 0 Å². The molecule has 0 unspecified atom stereocenters. The summed E-state index contributed by atoms with van der Waals surface area (Å²) in [7, 11) is 1.63. The van der Waals surface area contributed by atoms with Gasteiger partial charge in [-0.05, 0) is 44.4 Å². The van der Waals surface area contributed by atoms with Crippen molar-refractivity contribution in [1.29, 1.82) is 0 Å². The quantitative estimate of drug-likeness (QED) is 0.847. The molecule has 90 valence electrons. The average Bonchev–Trinajstić information content (AvgIpc) is 2.26. The van der Waals surface area contributed by atoms with Gasteiger partial charge in [-0.1, -0.05) is 12.1 Å². The fourth-order valence-electron chi connectivity index (χ4n) is 1.39. The van der Waals surface area contributed by atoms with Crippen LogP contribution in [-0.4, -0.2) is 18.2 Å². The van der Waals surface area contributed by atoms with E-state index in [1.807, 2.05) is 24.3 Å². The van der Waals surface area contributed by atoms with Crippen molar-refractivity contribution in [2.45, 2.75) is 26.7 Å². The Hall–Kier alpha value is -0.887. The summed E-state index contributed by atoms with van der Waals surface area (Å²) in [5.74, 6) is 0.0565. The maximum absolute atomic E-state index is 10.9. The van der Waals surface area contributed by atoms with Crippen LogP contribution in [0.4, 0.5) is 0 Å². The summed E-state index contributed by atoms with van der Waals surface area (Å²) >= 11 is 0. The summed E-state index contributed by atoms with van der Waals surface area (Å²) in [4.78, 5) is 10.9. The van der Waals surface area contributed by atoms with Gasteiger partial charge in [0.25, 0.3) is 0 Å². The van der Waals surface area contributed by atoms with Crippen molar-refractivity contribution in [3.8, 4) is 5.75 Å². The van der Waals surface area contributed by atoms with E-state index < -0.39 is 11.4 Å². The predicted molar refractivity (Wildman–Crippen MR) is 62.7 cm³/mol. The van der Waals surface area contributed by atoms with E-state index in [2.05, 4.69) is 0 Å². The number of aryl methyl sites for hydroxylation is 1. The van der Waals surface area contributed by atoms with Crippen molar-refractivity contribution >= 4 is 5.97 Å². The first-order chi connectivity index (χ1) is 7.45. The molecule has 0 bridgehead atoms. The van der Waals surface area contributed by atoms with Crippen molar-refractivity contribution in [2.75, 3.05) is 7.11 Å². The van der Waals surface area contributed by atoms with Gasteiger partial charge in [-0.2, -0.15) is 0 Å². The molecule has 1 N–H and O–H groups in total. The second kappa shape index (κ2) is 6.75. The zero-order chi connectivity index (χ0) is 12.2. The monoisotopic (exact) mass is 286 g/mol. The third-order valence-electron chi connectivity index (χ3n) is 2.75. The molecule has 0 aliphatic carbocycles. The van der Waals surface area contributed by atoms with Crippen LogP contribution in [0, 0.1) is 5.41 Å². The van der Waals surface area contributed by atoms with E-state index in [-0.39, 0.29) is 19.5 Å². The van der Waals surface area contributed by atoms with Crippen LogP contribution in [-0.2, 0) is 30.7 Å². The normalized spacial score (nSPS) is 10.5. The number of carbonyl (C=O) groups is 1. The minimum Gasteiger partial charge on any atom is -0.497 e. The summed E-state index contributed by atoms with van der Waals surface area (Å²) < 4.78 is 5.12. The van der Waals surface area contributed by atoms with Gasteiger partial charge >= 0.3 is 5.97 Å². The molecule has 1 rings (SSSR count). The van der Waals surface area contributed by atoms with E-state index in [1.54, 1.807) is 21.0 Å². The van der Waals surface area contributed by atoms with Crippen LogP contribution in [0.3, 0.4) is 0 Å². The molecule has 1 aromatic carbocycles. The third kappa shape index (κ3) is 4.86. The smallest absolute Gasteiger partial charge is 0.309 e. The van der Waals surface area contributed by atoms with Crippen LogP contribution in [0.15, 0.2) is 24.3 Å². The number of carboxylic acids is 1. The molecule has 0 saturated heterocycles. The molecule has 17 heavy (non-hydrogen) atoms. The number of carboxylic acid groups (broad SMARTS) is 1. The Morgan fingerprint density at radius 3 is 2.59 bits per heavy atom. The second-order valence-electron chi connectivity index (χ2n) is 4.54. The van der Waals surface area contributed by atoms with E-state index in [4.69, 9.17) is 9.84 Å². The molecule has 0 aliphatic rings. The maximum Gasteiger partial charge on any atom is 0.309 e. The summed E-state index contributed by atoms with van der Waals surface area (Å²) in [6.07, 6.45) is 1.37. The Kier molecular flexibility index (Phi) is 6.40. The van der Waals surface area contributed by atoms with Gasteiger partial charge in [-0.3, -0.25) is 4.79 Å². The van der Waals surface area contributed by atoms with Gasteiger partial charge in [0.15, 0.2) is 0 Å². The van der Waals surface area contributed by atoms with E-state index in [0.29, 0.717) is 6.42 Å². The molecular weight excluding hydrogens is 270 g/mol. The van der Waals surface area contributed by atoms with Gasteiger partial charge in [0.05, 0.1) is 12.5 Å².